The summed E-state index contributed by atoms with van der Waals surface area (Å²) in [7, 11) is -4.80. The number of ketones is 2. The molecule has 0 fully saturated rings. The zero-order valence-electron chi connectivity index (χ0n) is 41.2. The average Bonchev–Trinajstić information content (AvgIpc) is 4.32. The van der Waals surface area contributed by atoms with Gasteiger partial charge in [0.05, 0.1) is 48.7 Å². The molecule has 35 heteroatoms. The highest BCUT2D eigenvalue weighted by molar-refractivity contribution is 6.63. The van der Waals surface area contributed by atoms with Crippen LogP contribution in [0.2, 0.25) is 0 Å². The summed E-state index contributed by atoms with van der Waals surface area (Å²) in [5, 5.41) is 74.5. The van der Waals surface area contributed by atoms with E-state index in [0.717, 1.165) is 36.4 Å². The van der Waals surface area contributed by atoms with E-state index >= 15 is 0 Å². The molecule has 0 saturated carbocycles. The molecule has 0 aromatic heterocycles. The van der Waals surface area contributed by atoms with Crippen molar-refractivity contribution in [1.29, 1.82) is 0 Å². The van der Waals surface area contributed by atoms with Gasteiger partial charge in [-0.1, -0.05) is 0 Å². The number of carbonyl (C=O) groups is 6. The molecular weight excluding hydrogens is 1130 g/mol. The number of benzene rings is 5. The summed E-state index contributed by atoms with van der Waals surface area (Å²) in [5.41, 5.74) is 11.6. The molecule has 0 saturated heterocycles. The molecule has 21 nitrogen and oxygen atoms in total. The Morgan fingerprint density at radius 1 is 0.543 bits per heavy atom. The number of carboxylic acids is 3. The first-order valence-electron chi connectivity index (χ1n) is 22.7. The standard InChI is InChI=1S/C20H17B2F2NO8.C9H8BFO3.C8H6BFO4.C6HF5O.C3H8N2O2.ClH/c23-15-3-9-7-32-21(30)13(9)5-11(15)18(26)2-1-17(20(28)29)25-19(27)12-6-14-10(4-16(12)24)8-33-22(14)31;1-5(12)7-3-8-6(2-9(7)11)4-14-10(8)13;10-7-1-4-3-14-9(13)6(4)2-5(7)8(11)12;7-1-2(8)4(10)6(12)5(11)3(1)9;4-1-2(5)3(6)7;/h3-6,17,30-31H,1-2,7-8H2,(H,25,27)(H,28,29);2-3,13H,4H2,1H3;1-2,13H,3H2,(H,11,12);12H;2H,1,4-5H2,(H,6,7);1H/t17-;;;;2-;/m0...0./s1. The first kappa shape index (κ1) is 66.2. The zero-order chi connectivity index (χ0) is 59.8. The van der Waals surface area contributed by atoms with Crippen LogP contribution in [0.5, 0.6) is 5.75 Å². The van der Waals surface area contributed by atoms with Crippen LogP contribution in [0.15, 0.2) is 48.5 Å². The molecule has 1 amide bonds. The van der Waals surface area contributed by atoms with E-state index < -0.39 is 152 Å². The summed E-state index contributed by atoms with van der Waals surface area (Å²) in [6, 6.07) is 6.63. The minimum Gasteiger partial charge on any atom is -0.503 e. The van der Waals surface area contributed by atoms with Crippen molar-refractivity contribution in [2.24, 2.45) is 11.5 Å². The van der Waals surface area contributed by atoms with Gasteiger partial charge in [0.2, 0.25) is 29.1 Å². The molecular formula is C46H41B4ClF9N3O18. The number of rotatable bonds is 11. The maximum atomic E-state index is 14.3. The molecule has 0 aliphatic carbocycles. The Balaban J connectivity index is 0.000000244. The topological polar surface area (TPSA) is 365 Å². The number of Topliss-reactive ketones (excluding diaryl/α,β-unsaturated/α-hetero) is 2. The second kappa shape index (κ2) is 28.4. The molecule has 9 rings (SSSR count). The van der Waals surface area contributed by atoms with Crippen LogP contribution in [-0.2, 0) is 54.6 Å². The number of aromatic hydroxyl groups is 1. The van der Waals surface area contributed by atoms with E-state index in [2.05, 4.69) is 5.32 Å². The molecule has 5 aromatic rings. The number of hydrogen-bond donors (Lipinski definition) is 11. The predicted molar refractivity (Wildman–Crippen MR) is 264 cm³/mol. The molecule has 4 aliphatic rings. The number of nitrogens with one attached hydrogen (secondary N) is 1. The number of amides is 1. The first-order valence-corrected chi connectivity index (χ1v) is 22.7. The van der Waals surface area contributed by atoms with Crippen molar-refractivity contribution >= 4 is 98.1 Å². The fourth-order valence-electron chi connectivity index (χ4n) is 7.40. The van der Waals surface area contributed by atoms with E-state index in [0.29, 0.717) is 33.2 Å². The summed E-state index contributed by atoms with van der Waals surface area (Å²) in [5.74, 6) is -22.1. The number of nitrogens with two attached hydrogens (primary N) is 2. The first-order chi connectivity index (χ1) is 37.5. The molecule has 4 aliphatic heterocycles. The largest absolute Gasteiger partial charge is 0.503 e. The lowest BCUT2D eigenvalue weighted by Crippen LogP contribution is -2.42. The van der Waals surface area contributed by atoms with E-state index in [9.17, 15) is 93.5 Å². The minimum atomic E-state index is -2.29. The Bertz CT molecular complexity index is 3090. The number of aliphatic carboxylic acids is 2. The van der Waals surface area contributed by atoms with Crippen molar-refractivity contribution in [3.63, 3.8) is 0 Å². The monoisotopic (exact) mass is 1170 g/mol. The molecule has 0 radical (unpaired) electrons. The van der Waals surface area contributed by atoms with Crippen molar-refractivity contribution in [1.82, 2.24) is 5.32 Å². The van der Waals surface area contributed by atoms with Crippen molar-refractivity contribution in [2.75, 3.05) is 6.54 Å². The number of halogens is 10. The minimum absolute atomic E-state index is 0. The van der Waals surface area contributed by atoms with Gasteiger partial charge in [-0.2, -0.15) is 8.78 Å². The molecule has 0 spiro atoms. The Morgan fingerprint density at radius 2 is 0.877 bits per heavy atom. The Hall–Kier alpha value is -7.36. The maximum absolute atomic E-state index is 14.3. The molecule has 4 heterocycles. The number of hydrogen-bond acceptors (Lipinski definition) is 17. The third kappa shape index (κ3) is 15.8. The highest BCUT2D eigenvalue weighted by Crippen LogP contribution is 2.28. The van der Waals surface area contributed by atoms with Gasteiger partial charge in [0.25, 0.3) is 5.91 Å². The Morgan fingerprint density at radius 3 is 1.22 bits per heavy atom. The van der Waals surface area contributed by atoms with E-state index in [4.69, 9.17) is 45.4 Å². The Kier molecular flexibility index (Phi) is 23.2. The van der Waals surface area contributed by atoms with Crippen molar-refractivity contribution in [2.45, 2.75) is 58.3 Å². The van der Waals surface area contributed by atoms with Gasteiger partial charge in [-0.05, 0) is 106 Å². The third-order valence-electron chi connectivity index (χ3n) is 11.7. The van der Waals surface area contributed by atoms with E-state index in [1.807, 2.05) is 0 Å². The van der Waals surface area contributed by atoms with Crippen LogP contribution in [0.4, 0.5) is 39.5 Å². The molecule has 13 N–H and O–H groups in total. The predicted octanol–water partition coefficient (Wildman–Crippen LogP) is 0.100. The van der Waals surface area contributed by atoms with Crippen LogP contribution >= 0.6 is 12.4 Å². The molecule has 2 atom stereocenters. The highest BCUT2D eigenvalue weighted by atomic mass is 35.5. The van der Waals surface area contributed by atoms with Crippen LogP contribution in [0.1, 0.15) is 83.5 Å². The fraction of sp³-hybridized carbons (Fsp3) is 0.217. The van der Waals surface area contributed by atoms with Gasteiger partial charge in [-0.3, -0.25) is 19.2 Å². The van der Waals surface area contributed by atoms with Gasteiger partial charge in [-0.25, -0.2) is 40.3 Å². The van der Waals surface area contributed by atoms with Gasteiger partial charge >= 0.3 is 46.4 Å². The van der Waals surface area contributed by atoms with E-state index in [1.165, 1.54) is 19.1 Å². The van der Waals surface area contributed by atoms with Crippen LogP contribution in [0, 0.1) is 52.4 Å². The second-order valence-electron chi connectivity index (χ2n) is 17.1. The van der Waals surface area contributed by atoms with Gasteiger partial charge in [0.15, 0.2) is 17.3 Å². The quantitative estimate of drug-likeness (QED) is 0.0275. The fourth-order valence-corrected chi connectivity index (χ4v) is 7.40. The molecule has 81 heavy (non-hydrogen) atoms. The number of fused-ring (bicyclic) bond motifs is 4. The summed E-state index contributed by atoms with van der Waals surface area (Å²) >= 11 is 0. The number of carboxylic acid groups (broad SMARTS) is 3. The van der Waals surface area contributed by atoms with Crippen molar-refractivity contribution in [3.8, 4) is 5.75 Å². The molecule has 0 bridgehead atoms. The van der Waals surface area contributed by atoms with Crippen LogP contribution in [-0.4, -0.2) is 123 Å². The lowest BCUT2D eigenvalue weighted by molar-refractivity contribution is -0.139. The summed E-state index contributed by atoms with van der Waals surface area (Å²) in [4.78, 5) is 67.9. The lowest BCUT2D eigenvalue weighted by Gasteiger charge is -2.15. The maximum Gasteiger partial charge on any atom is 0.491 e. The van der Waals surface area contributed by atoms with Crippen LogP contribution in [0.3, 0.4) is 0 Å². The number of phenolic OH excluding ortho intramolecular Hbond substituents is 1. The number of carbonyl (C=O) groups excluding carboxylic acids is 3. The summed E-state index contributed by atoms with van der Waals surface area (Å²) in [6.45, 7) is 1.54. The number of phenols is 1. The number of aromatic carboxylic acids is 1. The molecule has 5 aromatic carbocycles. The molecule has 430 valence electrons. The SMILES string of the molecule is CC(=O)c1cc2c(cc1F)COB2O.Cl.NC[C@H](N)C(=O)O.O=C(CC[C@H](NC(=O)c1cc2c(cc1F)COB2O)C(=O)O)c1cc2c(cc1F)COB2O.O=C(O)c1cc2c(cc1F)COB2O.Oc1c(F)c(F)c(F)c(F)c1F. The average molecular weight is 1170 g/mol. The van der Waals surface area contributed by atoms with Gasteiger partial charge in [-0.15, -0.1) is 12.4 Å². The van der Waals surface area contributed by atoms with E-state index in [1.54, 1.807) is 0 Å². The molecule has 0 unspecified atom stereocenters. The van der Waals surface area contributed by atoms with Gasteiger partial charge < -0.3 is 75.9 Å². The van der Waals surface area contributed by atoms with Crippen molar-refractivity contribution in [3.05, 3.63) is 145 Å². The normalized spacial score (nSPS) is 13.9. The van der Waals surface area contributed by atoms with Crippen LogP contribution < -0.4 is 38.6 Å². The third-order valence-corrected chi connectivity index (χ3v) is 11.7. The van der Waals surface area contributed by atoms with Gasteiger partial charge in [0, 0.05) is 13.0 Å². The zero-order valence-corrected chi connectivity index (χ0v) is 42.0. The summed E-state index contributed by atoms with van der Waals surface area (Å²) in [6.07, 6.45) is -0.836. The second-order valence-corrected chi connectivity index (χ2v) is 17.1. The van der Waals surface area contributed by atoms with Gasteiger partial charge in [0.1, 0.15) is 35.4 Å². The van der Waals surface area contributed by atoms with Crippen molar-refractivity contribution < 1.29 is 127 Å². The van der Waals surface area contributed by atoms with E-state index in [-0.39, 0.29) is 73.2 Å². The highest BCUT2D eigenvalue weighted by Gasteiger charge is 2.35. The Labute approximate surface area is 457 Å². The lowest BCUT2D eigenvalue weighted by atomic mass is 9.78. The smallest absolute Gasteiger partial charge is 0.491 e. The summed E-state index contributed by atoms with van der Waals surface area (Å²) < 4.78 is 135. The van der Waals surface area contributed by atoms with Crippen LogP contribution in [0.25, 0.3) is 0 Å².